The van der Waals surface area contributed by atoms with Gasteiger partial charge in [0, 0.05) is 19.2 Å². The molecule has 0 saturated heterocycles. The van der Waals surface area contributed by atoms with Gasteiger partial charge in [-0.15, -0.1) is 5.10 Å². The highest BCUT2D eigenvalue weighted by molar-refractivity contribution is 5.80. The Balaban J connectivity index is 2.21. The van der Waals surface area contributed by atoms with Crippen LogP contribution in [0.25, 0.3) is 0 Å². The number of carbonyl (C=O) groups excluding carboxylic acids is 1. The molecule has 0 bridgehead atoms. The van der Waals surface area contributed by atoms with Crippen molar-refractivity contribution < 1.29 is 4.79 Å². The fourth-order valence-corrected chi connectivity index (χ4v) is 1.45. The fourth-order valence-electron chi connectivity index (χ4n) is 1.45. The van der Waals surface area contributed by atoms with Crippen LogP contribution in [-0.2, 0) is 17.8 Å². The van der Waals surface area contributed by atoms with Crippen LogP contribution in [0.1, 0.15) is 38.3 Å². The van der Waals surface area contributed by atoms with Crippen LogP contribution in [0.5, 0.6) is 0 Å². The van der Waals surface area contributed by atoms with E-state index in [0.717, 1.165) is 37.9 Å². The molecule has 0 unspecified atom stereocenters. The molecule has 16 heavy (non-hydrogen) atoms. The number of unbranched alkanes of at least 4 members (excludes halogenated alkanes) is 1. The van der Waals surface area contributed by atoms with Crippen molar-refractivity contribution in [2.75, 3.05) is 0 Å². The Labute approximate surface area is 95.6 Å². The molecular formula is C11H18N4O. The molecule has 0 aliphatic rings. The Morgan fingerprint density at radius 2 is 2.38 bits per heavy atom. The first-order chi connectivity index (χ1) is 7.76. The Bertz CT molecular complexity index is 346. The maximum Gasteiger partial charge on any atom is 0.245 e. The van der Waals surface area contributed by atoms with Gasteiger partial charge in [-0.3, -0.25) is 9.48 Å². The topological polar surface area (TPSA) is 60.1 Å². The van der Waals surface area contributed by atoms with Crippen molar-refractivity contribution in [2.45, 2.75) is 45.6 Å². The number of aliphatic imine (C=N–C) groups is 1. The van der Waals surface area contributed by atoms with Gasteiger partial charge in [0.2, 0.25) is 5.91 Å². The van der Waals surface area contributed by atoms with E-state index in [4.69, 9.17) is 0 Å². The minimum atomic E-state index is -0.134. The summed E-state index contributed by atoms with van der Waals surface area (Å²) in [5.74, 6) is -0.134. The molecule has 0 radical (unpaired) electrons. The molecule has 1 aromatic heterocycles. The first-order valence-corrected chi connectivity index (χ1v) is 5.64. The lowest BCUT2D eigenvalue weighted by Crippen LogP contribution is -2.00. The first kappa shape index (κ1) is 12.5. The van der Waals surface area contributed by atoms with Crippen molar-refractivity contribution in [3.05, 3.63) is 11.9 Å². The zero-order chi connectivity index (χ0) is 11.8. The number of aryl methyl sites for hydroxylation is 2. The SMILES string of the molecule is C=NC(=O)CCCCn1cc(CCC)nn1. The standard InChI is InChI=1S/C11H18N4O/c1-3-6-10-9-15(14-13-10)8-5-4-7-11(16)12-2/h9H,2-8H2,1H3. The summed E-state index contributed by atoms with van der Waals surface area (Å²) < 4.78 is 1.83. The summed E-state index contributed by atoms with van der Waals surface area (Å²) >= 11 is 0. The Morgan fingerprint density at radius 1 is 1.56 bits per heavy atom. The Morgan fingerprint density at radius 3 is 3.06 bits per heavy atom. The number of hydrogen-bond acceptors (Lipinski definition) is 3. The monoisotopic (exact) mass is 222 g/mol. The van der Waals surface area contributed by atoms with Gasteiger partial charge >= 0.3 is 0 Å². The summed E-state index contributed by atoms with van der Waals surface area (Å²) in [6.45, 7) is 6.12. The number of amides is 1. The van der Waals surface area contributed by atoms with Gasteiger partial charge in [0.25, 0.3) is 0 Å². The molecule has 88 valence electrons. The molecular weight excluding hydrogens is 204 g/mol. The zero-order valence-corrected chi connectivity index (χ0v) is 9.72. The van der Waals surface area contributed by atoms with Crippen LogP contribution in [-0.4, -0.2) is 27.6 Å². The van der Waals surface area contributed by atoms with E-state index in [9.17, 15) is 4.79 Å². The molecule has 0 spiro atoms. The second kappa shape index (κ2) is 6.87. The van der Waals surface area contributed by atoms with Gasteiger partial charge in [-0.1, -0.05) is 18.6 Å². The maximum atomic E-state index is 10.8. The zero-order valence-electron chi connectivity index (χ0n) is 9.72. The highest BCUT2D eigenvalue weighted by atomic mass is 16.1. The summed E-state index contributed by atoms with van der Waals surface area (Å²) in [6.07, 6.45) is 6.23. The third kappa shape index (κ3) is 4.33. The van der Waals surface area contributed by atoms with Crippen molar-refractivity contribution >= 4 is 12.6 Å². The number of nitrogens with zero attached hydrogens (tertiary/aromatic N) is 4. The number of carbonyl (C=O) groups is 1. The smallest absolute Gasteiger partial charge is 0.245 e. The van der Waals surface area contributed by atoms with Crippen molar-refractivity contribution in [1.29, 1.82) is 0 Å². The molecule has 1 aromatic rings. The van der Waals surface area contributed by atoms with Crippen molar-refractivity contribution in [3.8, 4) is 0 Å². The third-order valence-corrected chi connectivity index (χ3v) is 2.30. The van der Waals surface area contributed by atoms with E-state index in [1.807, 2.05) is 10.9 Å². The lowest BCUT2D eigenvalue weighted by atomic mass is 10.2. The molecule has 1 heterocycles. The number of aromatic nitrogens is 3. The van der Waals surface area contributed by atoms with Gasteiger partial charge < -0.3 is 0 Å². The summed E-state index contributed by atoms with van der Waals surface area (Å²) in [7, 11) is 0. The third-order valence-electron chi connectivity index (χ3n) is 2.30. The van der Waals surface area contributed by atoms with Crippen LogP contribution in [0, 0.1) is 0 Å². The first-order valence-electron chi connectivity index (χ1n) is 5.64. The number of hydrogen-bond donors (Lipinski definition) is 0. The van der Waals surface area contributed by atoms with E-state index in [-0.39, 0.29) is 5.91 Å². The largest absolute Gasteiger partial charge is 0.273 e. The molecule has 0 saturated carbocycles. The highest BCUT2D eigenvalue weighted by Crippen LogP contribution is 2.02. The predicted octanol–water partition coefficient (Wildman–Crippen LogP) is 1.63. The average molecular weight is 222 g/mol. The lowest BCUT2D eigenvalue weighted by molar-refractivity contribution is -0.117. The molecule has 5 heteroatoms. The summed E-state index contributed by atoms with van der Waals surface area (Å²) in [6, 6.07) is 0. The average Bonchev–Trinajstić information content (AvgIpc) is 2.72. The minimum absolute atomic E-state index is 0.134. The van der Waals surface area contributed by atoms with Crippen molar-refractivity contribution in [2.24, 2.45) is 4.99 Å². The highest BCUT2D eigenvalue weighted by Gasteiger charge is 2.00. The predicted molar refractivity (Wildman–Crippen MR) is 62.4 cm³/mol. The quantitative estimate of drug-likeness (QED) is 0.520. The van der Waals surface area contributed by atoms with Crippen LogP contribution in [0.3, 0.4) is 0 Å². The summed E-state index contributed by atoms with van der Waals surface area (Å²) in [4.78, 5) is 14.2. The Kier molecular flexibility index (Phi) is 5.39. The second-order valence-corrected chi connectivity index (χ2v) is 3.73. The van der Waals surface area contributed by atoms with Crippen LogP contribution >= 0.6 is 0 Å². The summed E-state index contributed by atoms with van der Waals surface area (Å²) in [5, 5.41) is 8.07. The molecule has 0 atom stereocenters. The van der Waals surface area contributed by atoms with E-state index in [0.29, 0.717) is 6.42 Å². The molecule has 0 aromatic carbocycles. The van der Waals surface area contributed by atoms with E-state index in [1.165, 1.54) is 0 Å². The van der Waals surface area contributed by atoms with Crippen LogP contribution < -0.4 is 0 Å². The van der Waals surface area contributed by atoms with E-state index < -0.39 is 0 Å². The van der Waals surface area contributed by atoms with E-state index >= 15 is 0 Å². The molecule has 0 fully saturated rings. The minimum Gasteiger partial charge on any atom is -0.273 e. The van der Waals surface area contributed by atoms with Gasteiger partial charge in [-0.2, -0.15) is 0 Å². The lowest BCUT2D eigenvalue weighted by Gasteiger charge is -1.98. The van der Waals surface area contributed by atoms with Gasteiger partial charge in [0.15, 0.2) is 0 Å². The van der Waals surface area contributed by atoms with E-state index in [2.05, 4.69) is 28.9 Å². The van der Waals surface area contributed by atoms with Crippen LogP contribution in [0.4, 0.5) is 0 Å². The van der Waals surface area contributed by atoms with Crippen LogP contribution in [0.2, 0.25) is 0 Å². The molecule has 0 aliphatic carbocycles. The Hall–Kier alpha value is -1.52. The number of rotatable bonds is 7. The van der Waals surface area contributed by atoms with Gasteiger partial charge in [0.05, 0.1) is 5.69 Å². The molecule has 1 rings (SSSR count). The van der Waals surface area contributed by atoms with E-state index in [1.54, 1.807) is 0 Å². The fraction of sp³-hybridized carbons (Fsp3) is 0.636. The summed E-state index contributed by atoms with van der Waals surface area (Å²) in [5.41, 5.74) is 1.03. The van der Waals surface area contributed by atoms with Gasteiger partial charge in [-0.05, 0) is 26.0 Å². The molecule has 5 nitrogen and oxygen atoms in total. The normalized spacial score (nSPS) is 10.3. The van der Waals surface area contributed by atoms with Gasteiger partial charge in [0.1, 0.15) is 0 Å². The molecule has 1 amide bonds. The van der Waals surface area contributed by atoms with Gasteiger partial charge in [-0.25, -0.2) is 4.99 Å². The molecule has 0 N–H and O–H groups in total. The van der Waals surface area contributed by atoms with Crippen LogP contribution in [0.15, 0.2) is 11.2 Å². The second-order valence-electron chi connectivity index (χ2n) is 3.73. The van der Waals surface area contributed by atoms with Crippen molar-refractivity contribution in [1.82, 2.24) is 15.0 Å². The van der Waals surface area contributed by atoms with Crippen molar-refractivity contribution in [3.63, 3.8) is 0 Å². The maximum absolute atomic E-state index is 10.8. The molecule has 0 aliphatic heterocycles.